The molecule has 2 rings (SSSR count). The van der Waals surface area contributed by atoms with Crippen molar-refractivity contribution in [1.82, 2.24) is 5.32 Å². The van der Waals surface area contributed by atoms with Gasteiger partial charge >= 0.3 is 0 Å². The zero-order valence-electron chi connectivity index (χ0n) is 11.5. The van der Waals surface area contributed by atoms with Crippen molar-refractivity contribution in [1.29, 1.82) is 0 Å². The lowest BCUT2D eigenvalue weighted by atomic mass is 9.83. The van der Waals surface area contributed by atoms with Crippen LogP contribution in [-0.4, -0.2) is 13.1 Å². The third-order valence-electron chi connectivity index (χ3n) is 4.09. The number of hydrogen-bond acceptors (Lipinski definition) is 1. The standard InChI is InChI=1S/C17H25N/c1-14-8-10-16(11-9-14)13-18-12-15(2)17-6-4-3-5-7-17/h3-7,14,16,18H,2,8-13H2,1H3. The minimum atomic E-state index is 0.879. The first-order chi connectivity index (χ1) is 8.75. The largest absolute Gasteiger partial charge is 0.312 e. The first-order valence-electron chi connectivity index (χ1n) is 7.19. The lowest BCUT2D eigenvalue weighted by Gasteiger charge is -2.26. The van der Waals surface area contributed by atoms with Gasteiger partial charge in [-0.3, -0.25) is 0 Å². The van der Waals surface area contributed by atoms with Gasteiger partial charge in [-0.15, -0.1) is 0 Å². The summed E-state index contributed by atoms with van der Waals surface area (Å²) in [5.41, 5.74) is 2.45. The van der Waals surface area contributed by atoms with Crippen LogP contribution < -0.4 is 5.32 Å². The van der Waals surface area contributed by atoms with Crippen molar-refractivity contribution in [2.75, 3.05) is 13.1 Å². The fourth-order valence-electron chi connectivity index (χ4n) is 2.74. The topological polar surface area (TPSA) is 12.0 Å². The van der Waals surface area contributed by atoms with E-state index in [1.165, 1.54) is 36.8 Å². The molecule has 1 aliphatic rings. The van der Waals surface area contributed by atoms with Crippen molar-refractivity contribution >= 4 is 5.57 Å². The smallest absolute Gasteiger partial charge is 0.0205 e. The molecule has 0 spiro atoms. The van der Waals surface area contributed by atoms with Crippen LogP contribution in [0.3, 0.4) is 0 Å². The third-order valence-corrected chi connectivity index (χ3v) is 4.09. The number of rotatable bonds is 5. The average Bonchev–Trinajstić information content (AvgIpc) is 2.42. The molecule has 1 aliphatic carbocycles. The zero-order chi connectivity index (χ0) is 12.8. The summed E-state index contributed by atoms with van der Waals surface area (Å²) in [6.07, 6.45) is 5.61. The molecule has 0 amide bonds. The van der Waals surface area contributed by atoms with Crippen molar-refractivity contribution in [3.05, 3.63) is 42.5 Å². The first-order valence-corrected chi connectivity index (χ1v) is 7.19. The third kappa shape index (κ3) is 3.99. The Bertz CT molecular complexity index is 360. The molecule has 0 radical (unpaired) electrons. The minimum absolute atomic E-state index is 0.879. The maximum absolute atomic E-state index is 4.16. The average molecular weight is 243 g/mol. The zero-order valence-corrected chi connectivity index (χ0v) is 11.5. The van der Waals surface area contributed by atoms with Gasteiger partial charge in [0.15, 0.2) is 0 Å². The number of nitrogens with one attached hydrogen (secondary N) is 1. The van der Waals surface area contributed by atoms with E-state index in [1.807, 2.05) is 6.07 Å². The van der Waals surface area contributed by atoms with Crippen LogP contribution in [0, 0.1) is 11.8 Å². The van der Waals surface area contributed by atoms with E-state index < -0.39 is 0 Å². The summed E-state index contributed by atoms with van der Waals surface area (Å²) in [6.45, 7) is 8.60. The maximum atomic E-state index is 4.16. The fourth-order valence-corrected chi connectivity index (χ4v) is 2.74. The Kier molecular flexibility index (Phi) is 5.00. The molecule has 1 fully saturated rings. The van der Waals surface area contributed by atoms with Gasteiger partial charge in [-0.2, -0.15) is 0 Å². The van der Waals surface area contributed by atoms with Gasteiger partial charge in [0.1, 0.15) is 0 Å². The molecule has 18 heavy (non-hydrogen) atoms. The van der Waals surface area contributed by atoms with Crippen molar-refractivity contribution in [2.45, 2.75) is 32.6 Å². The molecule has 0 atom stereocenters. The highest BCUT2D eigenvalue weighted by atomic mass is 14.9. The molecule has 98 valence electrons. The van der Waals surface area contributed by atoms with Crippen molar-refractivity contribution in [3.8, 4) is 0 Å². The fraction of sp³-hybridized carbons (Fsp3) is 0.529. The molecule has 1 N–H and O–H groups in total. The van der Waals surface area contributed by atoms with Crippen LogP contribution in [-0.2, 0) is 0 Å². The second kappa shape index (κ2) is 6.75. The Morgan fingerprint density at radius 1 is 1.17 bits per heavy atom. The molecule has 1 aromatic rings. The van der Waals surface area contributed by atoms with Crippen molar-refractivity contribution < 1.29 is 0 Å². The predicted molar refractivity (Wildman–Crippen MR) is 79.5 cm³/mol. The van der Waals surface area contributed by atoms with E-state index in [0.29, 0.717) is 0 Å². The Balaban J connectivity index is 1.68. The highest BCUT2D eigenvalue weighted by Gasteiger charge is 2.17. The van der Waals surface area contributed by atoms with Gasteiger partial charge < -0.3 is 5.32 Å². The Hall–Kier alpha value is -1.08. The Morgan fingerprint density at radius 3 is 2.50 bits per heavy atom. The van der Waals surface area contributed by atoms with Gasteiger partial charge in [0, 0.05) is 6.54 Å². The van der Waals surface area contributed by atoms with E-state index in [0.717, 1.165) is 24.9 Å². The van der Waals surface area contributed by atoms with E-state index in [9.17, 15) is 0 Å². The molecule has 0 bridgehead atoms. The molecule has 0 unspecified atom stereocenters. The van der Waals surface area contributed by atoms with Crippen molar-refractivity contribution in [2.24, 2.45) is 11.8 Å². The highest BCUT2D eigenvalue weighted by molar-refractivity contribution is 5.64. The Morgan fingerprint density at radius 2 is 1.83 bits per heavy atom. The number of hydrogen-bond donors (Lipinski definition) is 1. The van der Waals surface area contributed by atoms with E-state index in [4.69, 9.17) is 0 Å². The quantitative estimate of drug-likeness (QED) is 0.820. The van der Waals surface area contributed by atoms with E-state index in [2.05, 4.69) is 43.1 Å². The first kappa shape index (κ1) is 13.4. The van der Waals surface area contributed by atoms with Gasteiger partial charge in [0.2, 0.25) is 0 Å². The molecule has 0 heterocycles. The Labute approximate surface area is 111 Å². The van der Waals surface area contributed by atoms with Crippen LogP contribution >= 0.6 is 0 Å². The maximum Gasteiger partial charge on any atom is 0.0205 e. The second-order valence-corrected chi connectivity index (χ2v) is 5.73. The monoisotopic (exact) mass is 243 g/mol. The lowest BCUT2D eigenvalue weighted by Crippen LogP contribution is -2.27. The summed E-state index contributed by atoms with van der Waals surface area (Å²) >= 11 is 0. The van der Waals surface area contributed by atoms with E-state index in [-0.39, 0.29) is 0 Å². The second-order valence-electron chi connectivity index (χ2n) is 5.73. The molecule has 0 saturated heterocycles. The molecule has 0 aromatic heterocycles. The molecule has 1 nitrogen and oxygen atoms in total. The van der Waals surface area contributed by atoms with Crippen LogP contribution in [0.2, 0.25) is 0 Å². The summed E-state index contributed by atoms with van der Waals surface area (Å²) in [5, 5.41) is 3.57. The predicted octanol–water partition coefficient (Wildman–Crippen LogP) is 4.12. The molecule has 1 heteroatoms. The summed E-state index contributed by atoms with van der Waals surface area (Å²) in [6, 6.07) is 10.5. The summed E-state index contributed by atoms with van der Waals surface area (Å²) in [5.74, 6) is 1.82. The van der Waals surface area contributed by atoms with Crippen molar-refractivity contribution in [3.63, 3.8) is 0 Å². The van der Waals surface area contributed by atoms with Crippen LogP contribution in [0.1, 0.15) is 38.2 Å². The van der Waals surface area contributed by atoms with Gasteiger partial charge in [0.25, 0.3) is 0 Å². The molecular formula is C17H25N. The minimum Gasteiger partial charge on any atom is -0.312 e. The SMILES string of the molecule is C=C(CNCC1CCC(C)CC1)c1ccccc1. The van der Waals surface area contributed by atoms with Gasteiger partial charge in [-0.25, -0.2) is 0 Å². The highest BCUT2D eigenvalue weighted by Crippen LogP contribution is 2.27. The van der Waals surface area contributed by atoms with E-state index >= 15 is 0 Å². The van der Waals surface area contributed by atoms with Crippen LogP contribution in [0.15, 0.2) is 36.9 Å². The molecule has 1 saturated carbocycles. The number of benzene rings is 1. The molecular weight excluding hydrogens is 218 g/mol. The molecule has 0 aliphatic heterocycles. The van der Waals surface area contributed by atoms with Crippen LogP contribution in [0.4, 0.5) is 0 Å². The molecule has 1 aromatic carbocycles. The van der Waals surface area contributed by atoms with Gasteiger partial charge in [-0.1, -0.05) is 56.7 Å². The lowest BCUT2D eigenvalue weighted by molar-refractivity contribution is 0.284. The summed E-state index contributed by atoms with van der Waals surface area (Å²) in [4.78, 5) is 0. The summed E-state index contributed by atoms with van der Waals surface area (Å²) in [7, 11) is 0. The van der Waals surface area contributed by atoms with Crippen LogP contribution in [0.5, 0.6) is 0 Å². The van der Waals surface area contributed by atoms with Crippen LogP contribution in [0.25, 0.3) is 5.57 Å². The van der Waals surface area contributed by atoms with E-state index in [1.54, 1.807) is 0 Å². The van der Waals surface area contributed by atoms with Gasteiger partial charge in [-0.05, 0) is 42.4 Å². The van der Waals surface area contributed by atoms with Gasteiger partial charge in [0.05, 0.1) is 0 Å². The normalized spacial score (nSPS) is 23.8. The summed E-state index contributed by atoms with van der Waals surface area (Å²) < 4.78 is 0.